The third-order valence-corrected chi connectivity index (χ3v) is 4.66. The Morgan fingerprint density at radius 2 is 1.15 bits per heavy atom. The van der Waals surface area contributed by atoms with Crippen LogP contribution in [0.5, 0.6) is 0 Å². The molecule has 0 aromatic carbocycles. The molecule has 20 heavy (non-hydrogen) atoms. The number of aliphatic hydroxyl groups excluding tert-OH is 2. The first kappa shape index (κ1) is 16.2. The Labute approximate surface area is 123 Å². The molecule has 2 heterocycles. The van der Waals surface area contributed by atoms with E-state index in [1.165, 1.54) is 38.8 Å². The minimum atomic E-state index is -0.0886. The highest BCUT2D eigenvalue weighted by atomic mass is 16.3. The molecule has 0 radical (unpaired) electrons. The van der Waals surface area contributed by atoms with E-state index in [4.69, 9.17) is 0 Å². The second-order valence-corrected chi connectivity index (χ2v) is 6.61. The summed E-state index contributed by atoms with van der Waals surface area (Å²) in [6.45, 7) is 6.40. The van der Waals surface area contributed by atoms with Crippen LogP contribution in [0.1, 0.15) is 51.4 Å². The lowest BCUT2D eigenvalue weighted by Crippen LogP contribution is -2.39. The van der Waals surface area contributed by atoms with Crippen LogP contribution in [0.25, 0.3) is 0 Å². The minimum absolute atomic E-state index is 0.0886. The van der Waals surface area contributed by atoms with Crippen molar-refractivity contribution in [2.75, 3.05) is 39.3 Å². The van der Waals surface area contributed by atoms with Crippen LogP contribution in [0.15, 0.2) is 0 Å². The topological polar surface area (TPSA) is 46.9 Å². The molecule has 2 atom stereocenters. The maximum atomic E-state index is 9.62. The van der Waals surface area contributed by atoms with Crippen LogP contribution in [-0.4, -0.2) is 71.5 Å². The fraction of sp³-hybridized carbons (Fsp3) is 1.00. The van der Waals surface area contributed by atoms with E-state index in [1.54, 1.807) is 0 Å². The first-order chi connectivity index (χ1) is 9.74. The fourth-order valence-corrected chi connectivity index (χ4v) is 3.49. The highest BCUT2D eigenvalue weighted by molar-refractivity contribution is 4.72. The summed E-state index contributed by atoms with van der Waals surface area (Å²) in [5.41, 5.74) is 0. The van der Waals surface area contributed by atoms with E-state index in [9.17, 15) is 10.2 Å². The van der Waals surface area contributed by atoms with Gasteiger partial charge in [-0.25, -0.2) is 0 Å². The molecule has 4 nitrogen and oxygen atoms in total. The van der Waals surface area contributed by atoms with Gasteiger partial charge in [0.25, 0.3) is 0 Å². The van der Waals surface area contributed by atoms with E-state index in [1.807, 2.05) is 0 Å². The van der Waals surface area contributed by atoms with Crippen molar-refractivity contribution < 1.29 is 10.2 Å². The van der Waals surface area contributed by atoms with E-state index >= 15 is 0 Å². The third-order valence-electron chi connectivity index (χ3n) is 4.66. The van der Waals surface area contributed by atoms with E-state index in [0.717, 1.165) is 51.9 Å². The zero-order chi connectivity index (χ0) is 14.2. The smallest absolute Gasteiger partial charge is 0.0667 e. The van der Waals surface area contributed by atoms with Crippen molar-refractivity contribution in [3.63, 3.8) is 0 Å². The van der Waals surface area contributed by atoms with Crippen LogP contribution in [0.4, 0.5) is 0 Å². The number of β-amino-alcohol motifs (C(OH)–C–C–N with tert-alkyl or cyclic N) is 2. The maximum absolute atomic E-state index is 9.62. The molecule has 0 aliphatic carbocycles. The van der Waals surface area contributed by atoms with Gasteiger partial charge in [-0.2, -0.15) is 0 Å². The summed E-state index contributed by atoms with van der Waals surface area (Å²) in [5, 5.41) is 19.2. The summed E-state index contributed by atoms with van der Waals surface area (Å²) in [4.78, 5) is 4.82. The molecule has 2 saturated heterocycles. The molecule has 118 valence electrons. The van der Waals surface area contributed by atoms with Gasteiger partial charge >= 0.3 is 0 Å². The number of nitrogens with zero attached hydrogens (tertiary/aromatic N) is 2. The standard InChI is InChI=1S/C16H32N2O2/c19-15-7-5-11-17(13-15)9-3-1-2-4-10-18-12-6-8-16(20)14-18/h15-16,19-20H,1-14H2. The Morgan fingerprint density at radius 1 is 0.700 bits per heavy atom. The zero-order valence-corrected chi connectivity index (χ0v) is 12.8. The molecule has 0 saturated carbocycles. The molecular formula is C16H32N2O2. The van der Waals surface area contributed by atoms with Crippen LogP contribution < -0.4 is 0 Å². The largest absolute Gasteiger partial charge is 0.392 e. The van der Waals surface area contributed by atoms with Gasteiger partial charge in [0, 0.05) is 13.1 Å². The molecule has 2 aliphatic heterocycles. The third kappa shape index (κ3) is 6.08. The normalized spacial score (nSPS) is 29.7. The van der Waals surface area contributed by atoms with Gasteiger partial charge in [0.05, 0.1) is 12.2 Å². The molecule has 2 rings (SSSR count). The van der Waals surface area contributed by atoms with Crippen molar-refractivity contribution >= 4 is 0 Å². The predicted molar refractivity (Wildman–Crippen MR) is 81.8 cm³/mol. The van der Waals surface area contributed by atoms with Gasteiger partial charge in [-0.3, -0.25) is 0 Å². The summed E-state index contributed by atoms with van der Waals surface area (Å²) in [7, 11) is 0. The number of unbranched alkanes of at least 4 members (excludes halogenated alkanes) is 3. The molecule has 0 spiro atoms. The molecule has 2 unspecified atom stereocenters. The Balaban J connectivity index is 1.43. The van der Waals surface area contributed by atoms with Crippen molar-refractivity contribution in [3.05, 3.63) is 0 Å². The second kappa shape index (κ2) is 8.98. The highest BCUT2D eigenvalue weighted by Gasteiger charge is 2.17. The average molecular weight is 284 g/mol. The predicted octanol–water partition coefficient (Wildman–Crippen LogP) is 1.46. The van der Waals surface area contributed by atoms with Gasteiger partial charge in [-0.05, 0) is 64.7 Å². The molecular weight excluding hydrogens is 252 g/mol. The number of aliphatic hydroxyl groups is 2. The molecule has 0 bridgehead atoms. The zero-order valence-electron chi connectivity index (χ0n) is 12.8. The van der Waals surface area contributed by atoms with Crippen molar-refractivity contribution in [1.29, 1.82) is 0 Å². The average Bonchev–Trinajstić information content (AvgIpc) is 2.43. The first-order valence-electron chi connectivity index (χ1n) is 8.55. The fourth-order valence-electron chi connectivity index (χ4n) is 3.49. The van der Waals surface area contributed by atoms with Gasteiger partial charge in [0.2, 0.25) is 0 Å². The van der Waals surface area contributed by atoms with Gasteiger partial charge < -0.3 is 20.0 Å². The van der Waals surface area contributed by atoms with E-state index in [-0.39, 0.29) is 12.2 Å². The van der Waals surface area contributed by atoms with Crippen molar-refractivity contribution in [1.82, 2.24) is 9.80 Å². The van der Waals surface area contributed by atoms with Gasteiger partial charge in [-0.1, -0.05) is 12.8 Å². The quantitative estimate of drug-likeness (QED) is 0.695. The molecule has 0 aromatic heterocycles. The Bertz CT molecular complexity index is 237. The monoisotopic (exact) mass is 284 g/mol. The SMILES string of the molecule is OC1CCCN(CCCCCCN2CCCC(O)C2)C1. The van der Waals surface area contributed by atoms with Crippen molar-refractivity contribution in [3.8, 4) is 0 Å². The summed E-state index contributed by atoms with van der Waals surface area (Å²) in [5.74, 6) is 0. The lowest BCUT2D eigenvalue weighted by atomic mass is 10.1. The Morgan fingerprint density at radius 3 is 1.55 bits per heavy atom. The van der Waals surface area contributed by atoms with Crippen molar-refractivity contribution in [2.45, 2.75) is 63.6 Å². The highest BCUT2D eigenvalue weighted by Crippen LogP contribution is 2.13. The maximum Gasteiger partial charge on any atom is 0.0667 e. The first-order valence-corrected chi connectivity index (χ1v) is 8.55. The number of hydrogen-bond acceptors (Lipinski definition) is 4. The van der Waals surface area contributed by atoms with Crippen LogP contribution in [0, 0.1) is 0 Å². The lowest BCUT2D eigenvalue weighted by molar-refractivity contribution is 0.0675. The van der Waals surface area contributed by atoms with Gasteiger partial charge in [-0.15, -0.1) is 0 Å². The minimum Gasteiger partial charge on any atom is -0.392 e. The van der Waals surface area contributed by atoms with Crippen LogP contribution >= 0.6 is 0 Å². The Hall–Kier alpha value is -0.160. The van der Waals surface area contributed by atoms with Crippen LogP contribution in [0.3, 0.4) is 0 Å². The summed E-state index contributed by atoms with van der Waals surface area (Å²) < 4.78 is 0. The molecule has 0 aromatic rings. The van der Waals surface area contributed by atoms with Gasteiger partial charge in [0.15, 0.2) is 0 Å². The van der Waals surface area contributed by atoms with Crippen LogP contribution in [-0.2, 0) is 0 Å². The van der Waals surface area contributed by atoms with E-state index < -0.39 is 0 Å². The lowest BCUT2D eigenvalue weighted by Gasteiger charge is -2.30. The molecule has 4 heteroatoms. The van der Waals surface area contributed by atoms with Crippen LogP contribution in [0.2, 0.25) is 0 Å². The second-order valence-electron chi connectivity index (χ2n) is 6.61. The number of hydrogen-bond donors (Lipinski definition) is 2. The van der Waals surface area contributed by atoms with Crippen molar-refractivity contribution in [2.24, 2.45) is 0 Å². The van der Waals surface area contributed by atoms with E-state index in [2.05, 4.69) is 9.80 Å². The van der Waals surface area contributed by atoms with E-state index in [0.29, 0.717) is 0 Å². The summed E-state index contributed by atoms with van der Waals surface area (Å²) in [6.07, 6.45) is 9.20. The number of likely N-dealkylation sites (tertiary alicyclic amines) is 2. The summed E-state index contributed by atoms with van der Waals surface area (Å²) in [6, 6.07) is 0. The number of rotatable bonds is 7. The molecule has 2 fully saturated rings. The number of piperidine rings is 2. The molecule has 0 amide bonds. The summed E-state index contributed by atoms with van der Waals surface area (Å²) >= 11 is 0. The molecule has 2 N–H and O–H groups in total. The van der Waals surface area contributed by atoms with Gasteiger partial charge in [0.1, 0.15) is 0 Å². The molecule has 2 aliphatic rings. The Kier molecular flexibility index (Phi) is 7.28.